The minimum Gasteiger partial charge on any atom is -0.342 e. The monoisotopic (exact) mass is 250 g/mol. The first-order valence-corrected chi connectivity index (χ1v) is 6.18. The van der Waals surface area contributed by atoms with Gasteiger partial charge in [0.15, 0.2) is 5.43 Å². The summed E-state index contributed by atoms with van der Waals surface area (Å²) in [6.07, 6.45) is 0. The van der Waals surface area contributed by atoms with Crippen LogP contribution in [0.2, 0.25) is 0 Å². The molecule has 0 amide bonds. The highest BCUT2D eigenvalue weighted by Gasteiger charge is 2.01. The Hall–Kier alpha value is -2.55. The fourth-order valence-electron chi connectivity index (χ4n) is 2.06. The Morgan fingerprint density at radius 1 is 1.00 bits per heavy atom. The number of nitrogens with one attached hydrogen (secondary N) is 2. The number of hydrogen-bond acceptors (Lipinski definition) is 2. The van der Waals surface area contributed by atoms with E-state index >= 15 is 0 Å². The number of aryl methyl sites for hydroxylation is 1. The van der Waals surface area contributed by atoms with Crippen LogP contribution in [0.1, 0.15) is 5.56 Å². The van der Waals surface area contributed by atoms with Gasteiger partial charge >= 0.3 is 0 Å². The highest BCUT2D eigenvalue weighted by atomic mass is 16.1. The van der Waals surface area contributed by atoms with Gasteiger partial charge in [-0.15, -0.1) is 0 Å². The van der Waals surface area contributed by atoms with Crippen LogP contribution in [0.5, 0.6) is 0 Å². The smallest absolute Gasteiger partial charge is 0.191 e. The molecule has 0 aliphatic heterocycles. The van der Waals surface area contributed by atoms with E-state index in [1.807, 2.05) is 55.5 Å². The summed E-state index contributed by atoms with van der Waals surface area (Å²) in [5.74, 6) is 0.701. The molecule has 3 aromatic rings. The van der Waals surface area contributed by atoms with Crippen LogP contribution in [0, 0.1) is 6.92 Å². The number of pyridine rings is 1. The van der Waals surface area contributed by atoms with E-state index in [1.54, 1.807) is 6.07 Å². The third-order valence-corrected chi connectivity index (χ3v) is 3.07. The van der Waals surface area contributed by atoms with Crippen LogP contribution in [-0.2, 0) is 0 Å². The molecule has 1 aromatic heterocycles. The Kier molecular flexibility index (Phi) is 2.80. The zero-order valence-corrected chi connectivity index (χ0v) is 10.6. The van der Waals surface area contributed by atoms with Crippen LogP contribution in [0.4, 0.5) is 11.5 Å². The normalized spacial score (nSPS) is 10.6. The lowest BCUT2D eigenvalue weighted by atomic mass is 10.2. The van der Waals surface area contributed by atoms with Gasteiger partial charge in [0.2, 0.25) is 0 Å². The summed E-state index contributed by atoms with van der Waals surface area (Å²) in [6.45, 7) is 2.04. The van der Waals surface area contributed by atoms with Gasteiger partial charge in [0.05, 0.1) is 5.52 Å². The predicted molar refractivity (Wildman–Crippen MR) is 79.0 cm³/mol. The Morgan fingerprint density at radius 3 is 2.53 bits per heavy atom. The molecule has 0 aliphatic rings. The molecule has 0 saturated carbocycles. The number of anilines is 2. The summed E-state index contributed by atoms with van der Waals surface area (Å²) < 4.78 is 0. The van der Waals surface area contributed by atoms with E-state index < -0.39 is 0 Å². The van der Waals surface area contributed by atoms with E-state index in [-0.39, 0.29) is 5.43 Å². The summed E-state index contributed by atoms with van der Waals surface area (Å²) in [5, 5.41) is 3.91. The number of aromatic nitrogens is 1. The zero-order valence-electron chi connectivity index (χ0n) is 10.6. The molecule has 94 valence electrons. The molecule has 3 rings (SSSR count). The van der Waals surface area contributed by atoms with Crippen molar-refractivity contribution in [2.24, 2.45) is 0 Å². The summed E-state index contributed by atoms with van der Waals surface area (Å²) in [4.78, 5) is 15.2. The second-order valence-electron chi connectivity index (χ2n) is 4.58. The lowest BCUT2D eigenvalue weighted by molar-refractivity contribution is 1.35. The second kappa shape index (κ2) is 4.61. The molecule has 2 N–H and O–H groups in total. The minimum atomic E-state index is 0.0176. The third-order valence-electron chi connectivity index (χ3n) is 3.07. The molecule has 0 unspecified atom stereocenters. The molecule has 0 spiro atoms. The van der Waals surface area contributed by atoms with Gasteiger partial charge in [-0.05, 0) is 31.2 Å². The summed E-state index contributed by atoms with van der Waals surface area (Å²) >= 11 is 0. The fourth-order valence-corrected chi connectivity index (χ4v) is 2.06. The number of rotatable bonds is 2. The molecule has 2 aromatic carbocycles. The maximum Gasteiger partial charge on any atom is 0.191 e. The molecule has 3 nitrogen and oxygen atoms in total. The largest absolute Gasteiger partial charge is 0.342 e. The Labute approximate surface area is 110 Å². The number of H-pyrrole nitrogens is 1. The van der Waals surface area contributed by atoms with Crippen molar-refractivity contribution in [1.82, 2.24) is 4.98 Å². The molecule has 0 radical (unpaired) electrons. The number of benzene rings is 2. The van der Waals surface area contributed by atoms with Crippen LogP contribution in [-0.4, -0.2) is 4.98 Å². The Morgan fingerprint density at radius 2 is 1.74 bits per heavy atom. The van der Waals surface area contributed by atoms with E-state index in [9.17, 15) is 4.79 Å². The SMILES string of the molecule is Cc1ccc(Nc2cc(=O)c3ccccc3[nH]2)cc1. The molecular formula is C16H14N2O. The first kappa shape index (κ1) is 11.5. The van der Waals surface area contributed by atoms with Crippen molar-refractivity contribution in [3.8, 4) is 0 Å². The van der Waals surface area contributed by atoms with Crippen LogP contribution in [0.3, 0.4) is 0 Å². The van der Waals surface area contributed by atoms with Gasteiger partial charge in [-0.25, -0.2) is 0 Å². The van der Waals surface area contributed by atoms with Gasteiger partial charge in [0.25, 0.3) is 0 Å². The van der Waals surface area contributed by atoms with Gasteiger partial charge in [-0.1, -0.05) is 29.8 Å². The van der Waals surface area contributed by atoms with Gasteiger partial charge < -0.3 is 10.3 Å². The Bertz CT molecular complexity index is 773. The van der Waals surface area contributed by atoms with Gasteiger partial charge in [-0.2, -0.15) is 0 Å². The molecule has 0 aliphatic carbocycles. The van der Waals surface area contributed by atoms with Crippen LogP contribution in [0.15, 0.2) is 59.4 Å². The average Bonchev–Trinajstić information content (AvgIpc) is 2.42. The summed E-state index contributed by atoms with van der Waals surface area (Å²) in [5.41, 5.74) is 3.02. The molecule has 0 fully saturated rings. The minimum absolute atomic E-state index is 0.0176. The topological polar surface area (TPSA) is 44.9 Å². The lowest BCUT2D eigenvalue weighted by Gasteiger charge is -2.08. The fraction of sp³-hybridized carbons (Fsp3) is 0.0625. The maximum atomic E-state index is 12.0. The van der Waals surface area contributed by atoms with E-state index in [0.717, 1.165) is 11.2 Å². The molecule has 1 heterocycles. The van der Waals surface area contributed by atoms with Crippen LogP contribution < -0.4 is 10.7 Å². The molecule has 0 saturated heterocycles. The van der Waals surface area contributed by atoms with E-state index in [2.05, 4.69) is 10.3 Å². The maximum absolute atomic E-state index is 12.0. The van der Waals surface area contributed by atoms with Gasteiger partial charge in [-0.3, -0.25) is 4.79 Å². The first-order chi connectivity index (χ1) is 9.22. The second-order valence-corrected chi connectivity index (χ2v) is 4.58. The third kappa shape index (κ3) is 2.36. The molecule has 0 bridgehead atoms. The van der Waals surface area contributed by atoms with Crippen molar-refractivity contribution in [1.29, 1.82) is 0 Å². The van der Waals surface area contributed by atoms with Gasteiger partial charge in [0, 0.05) is 17.1 Å². The quantitative estimate of drug-likeness (QED) is 0.730. The van der Waals surface area contributed by atoms with Crippen LogP contribution in [0.25, 0.3) is 10.9 Å². The van der Waals surface area contributed by atoms with Crippen LogP contribution >= 0.6 is 0 Å². The van der Waals surface area contributed by atoms with Crippen molar-refractivity contribution in [3.05, 3.63) is 70.4 Å². The molecule has 19 heavy (non-hydrogen) atoms. The number of para-hydroxylation sites is 1. The zero-order chi connectivity index (χ0) is 13.2. The molecular weight excluding hydrogens is 236 g/mol. The lowest BCUT2D eigenvalue weighted by Crippen LogP contribution is -2.04. The van der Waals surface area contributed by atoms with Crippen molar-refractivity contribution in [2.45, 2.75) is 6.92 Å². The summed E-state index contributed by atoms with van der Waals surface area (Å²) in [7, 11) is 0. The highest BCUT2D eigenvalue weighted by Crippen LogP contribution is 2.16. The van der Waals surface area contributed by atoms with Crippen molar-refractivity contribution >= 4 is 22.4 Å². The standard InChI is InChI=1S/C16H14N2O/c1-11-6-8-12(9-7-11)17-16-10-15(19)13-4-2-3-5-14(13)18-16/h2-10H,1H3,(H2,17,18,19). The Balaban J connectivity index is 2.01. The average molecular weight is 250 g/mol. The van der Waals surface area contributed by atoms with E-state index in [4.69, 9.17) is 0 Å². The number of hydrogen-bond donors (Lipinski definition) is 2. The van der Waals surface area contributed by atoms with E-state index in [0.29, 0.717) is 11.2 Å². The van der Waals surface area contributed by atoms with Crippen molar-refractivity contribution in [2.75, 3.05) is 5.32 Å². The number of aromatic amines is 1. The molecule has 3 heteroatoms. The van der Waals surface area contributed by atoms with Gasteiger partial charge in [0.1, 0.15) is 5.82 Å². The van der Waals surface area contributed by atoms with Crippen molar-refractivity contribution < 1.29 is 0 Å². The summed E-state index contributed by atoms with van der Waals surface area (Å²) in [6, 6.07) is 17.1. The van der Waals surface area contributed by atoms with Crippen molar-refractivity contribution in [3.63, 3.8) is 0 Å². The molecule has 0 atom stereocenters. The van der Waals surface area contributed by atoms with E-state index in [1.165, 1.54) is 5.56 Å². The predicted octanol–water partition coefficient (Wildman–Crippen LogP) is 3.58. The highest BCUT2D eigenvalue weighted by molar-refractivity contribution is 5.80. The number of fused-ring (bicyclic) bond motifs is 1. The first-order valence-electron chi connectivity index (χ1n) is 6.18.